The minimum absolute atomic E-state index is 0.424. The highest BCUT2D eigenvalue weighted by Gasteiger charge is 2.25. The lowest BCUT2D eigenvalue weighted by Crippen LogP contribution is -2.31. The molecule has 0 saturated heterocycles. The highest BCUT2D eigenvalue weighted by Crippen LogP contribution is 2.24. The minimum atomic E-state index is -0.441. The van der Waals surface area contributed by atoms with Crippen LogP contribution in [0.4, 0.5) is 0 Å². The first-order chi connectivity index (χ1) is 4.54. The van der Waals surface area contributed by atoms with Crippen molar-refractivity contribution in [1.82, 2.24) is 0 Å². The monoisotopic (exact) mass is 144 g/mol. The normalized spacial score (nSPS) is 20.1. The molecule has 0 aromatic heterocycles. The van der Waals surface area contributed by atoms with Gasteiger partial charge in [0.05, 0.1) is 5.60 Å². The molecule has 0 rings (SSSR count). The summed E-state index contributed by atoms with van der Waals surface area (Å²) in [6.07, 6.45) is 3.05. The molecule has 0 radical (unpaired) electrons. The van der Waals surface area contributed by atoms with E-state index in [1.165, 1.54) is 0 Å². The first-order valence-corrected chi connectivity index (χ1v) is 4.27. The average molecular weight is 144 g/mol. The summed E-state index contributed by atoms with van der Waals surface area (Å²) in [5.74, 6) is 0.424. The molecule has 0 aromatic carbocycles. The van der Waals surface area contributed by atoms with Crippen LogP contribution >= 0.6 is 0 Å². The predicted octanol–water partition coefficient (Wildman–Crippen LogP) is 2.58. The Labute approximate surface area is 64.5 Å². The molecule has 0 aliphatic carbocycles. The highest BCUT2D eigenvalue weighted by atomic mass is 16.3. The summed E-state index contributed by atoms with van der Waals surface area (Å²) in [6.45, 7) is 8.27. The van der Waals surface area contributed by atoms with Crippen molar-refractivity contribution in [3.63, 3.8) is 0 Å². The maximum absolute atomic E-state index is 9.78. The lowest BCUT2D eigenvalue weighted by atomic mass is 9.85. The van der Waals surface area contributed by atoms with Crippen LogP contribution in [0.5, 0.6) is 0 Å². The van der Waals surface area contributed by atoms with Gasteiger partial charge in [-0.2, -0.15) is 0 Å². The van der Waals surface area contributed by atoms with Crippen LogP contribution in [0.25, 0.3) is 0 Å². The van der Waals surface area contributed by atoms with Crippen molar-refractivity contribution in [2.75, 3.05) is 0 Å². The molecule has 0 amide bonds. The summed E-state index contributed by atoms with van der Waals surface area (Å²) in [6, 6.07) is 0. The number of aliphatic hydroxyl groups is 1. The van der Waals surface area contributed by atoms with Gasteiger partial charge < -0.3 is 5.11 Å². The molecule has 62 valence electrons. The van der Waals surface area contributed by atoms with E-state index in [0.717, 1.165) is 19.3 Å². The van der Waals surface area contributed by atoms with Gasteiger partial charge in [0, 0.05) is 0 Å². The lowest BCUT2D eigenvalue weighted by molar-refractivity contribution is -0.00371. The second-order valence-corrected chi connectivity index (χ2v) is 3.42. The van der Waals surface area contributed by atoms with Crippen molar-refractivity contribution in [3.8, 4) is 0 Å². The Kier molecular flexibility index (Phi) is 3.95. The van der Waals surface area contributed by atoms with Crippen LogP contribution in [0.3, 0.4) is 0 Å². The van der Waals surface area contributed by atoms with Gasteiger partial charge in [0.1, 0.15) is 0 Å². The molecule has 0 heterocycles. The quantitative estimate of drug-likeness (QED) is 0.643. The zero-order valence-electron chi connectivity index (χ0n) is 7.65. The van der Waals surface area contributed by atoms with Gasteiger partial charge in [0.15, 0.2) is 0 Å². The molecular formula is C9H20O. The zero-order chi connectivity index (χ0) is 8.20. The zero-order valence-corrected chi connectivity index (χ0v) is 7.65. The first kappa shape index (κ1) is 9.96. The summed E-state index contributed by atoms with van der Waals surface area (Å²) < 4.78 is 0. The van der Waals surface area contributed by atoms with Gasteiger partial charge in [0.25, 0.3) is 0 Å². The third kappa shape index (κ3) is 2.70. The summed E-state index contributed by atoms with van der Waals surface area (Å²) in [5, 5.41) is 9.78. The van der Waals surface area contributed by atoms with Crippen LogP contribution in [0.15, 0.2) is 0 Å². The smallest absolute Gasteiger partial charge is 0.0645 e. The maximum atomic E-state index is 9.78. The van der Waals surface area contributed by atoms with Crippen molar-refractivity contribution in [2.45, 2.75) is 52.6 Å². The Hall–Kier alpha value is -0.0400. The van der Waals surface area contributed by atoms with Gasteiger partial charge in [-0.05, 0) is 19.3 Å². The molecule has 10 heavy (non-hydrogen) atoms. The standard InChI is InChI=1S/C9H20O/c1-5-7-9(4,10)8(3)6-2/h8,10H,5-7H2,1-4H3/t8-,9+/m1/s1. The summed E-state index contributed by atoms with van der Waals surface area (Å²) in [5.41, 5.74) is -0.441. The minimum Gasteiger partial charge on any atom is -0.390 e. The van der Waals surface area contributed by atoms with E-state index in [1.54, 1.807) is 0 Å². The molecule has 1 nitrogen and oxygen atoms in total. The van der Waals surface area contributed by atoms with Gasteiger partial charge in [0.2, 0.25) is 0 Å². The third-order valence-corrected chi connectivity index (χ3v) is 2.43. The molecule has 0 saturated carbocycles. The number of hydrogen-bond donors (Lipinski definition) is 1. The van der Waals surface area contributed by atoms with Crippen LogP contribution in [-0.4, -0.2) is 10.7 Å². The van der Waals surface area contributed by atoms with Gasteiger partial charge in [-0.1, -0.05) is 33.6 Å². The van der Waals surface area contributed by atoms with Gasteiger partial charge in [-0.15, -0.1) is 0 Å². The fourth-order valence-electron chi connectivity index (χ4n) is 1.19. The van der Waals surface area contributed by atoms with E-state index in [-0.39, 0.29) is 0 Å². The highest BCUT2D eigenvalue weighted by molar-refractivity contribution is 4.77. The number of hydrogen-bond acceptors (Lipinski definition) is 1. The average Bonchev–Trinajstić information content (AvgIpc) is 1.86. The molecular weight excluding hydrogens is 124 g/mol. The molecule has 2 atom stereocenters. The van der Waals surface area contributed by atoms with Gasteiger partial charge in [-0.25, -0.2) is 0 Å². The Bertz CT molecular complexity index is 86.7. The molecule has 0 unspecified atom stereocenters. The molecule has 0 aliphatic heterocycles. The third-order valence-electron chi connectivity index (χ3n) is 2.43. The SMILES string of the molecule is CCC[C@](C)(O)[C@H](C)CC. The molecule has 0 aromatic rings. The van der Waals surface area contributed by atoms with E-state index in [4.69, 9.17) is 0 Å². The fourth-order valence-corrected chi connectivity index (χ4v) is 1.19. The van der Waals surface area contributed by atoms with Gasteiger partial charge in [-0.3, -0.25) is 0 Å². The summed E-state index contributed by atoms with van der Waals surface area (Å²) in [7, 11) is 0. The Morgan fingerprint density at radius 2 is 1.90 bits per heavy atom. The number of rotatable bonds is 4. The fraction of sp³-hybridized carbons (Fsp3) is 1.00. The Morgan fingerprint density at radius 1 is 1.40 bits per heavy atom. The van der Waals surface area contributed by atoms with Crippen LogP contribution in [0, 0.1) is 5.92 Å². The van der Waals surface area contributed by atoms with Crippen molar-refractivity contribution in [1.29, 1.82) is 0 Å². The second-order valence-electron chi connectivity index (χ2n) is 3.42. The van der Waals surface area contributed by atoms with Gasteiger partial charge >= 0.3 is 0 Å². The predicted molar refractivity (Wildman–Crippen MR) is 45.0 cm³/mol. The summed E-state index contributed by atoms with van der Waals surface area (Å²) >= 11 is 0. The van der Waals surface area contributed by atoms with E-state index in [0.29, 0.717) is 5.92 Å². The van der Waals surface area contributed by atoms with Crippen molar-refractivity contribution in [3.05, 3.63) is 0 Å². The van der Waals surface area contributed by atoms with Crippen molar-refractivity contribution >= 4 is 0 Å². The largest absolute Gasteiger partial charge is 0.390 e. The van der Waals surface area contributed by atoms with E-state index >= 15 is 0 Å². The van der Waals surface area contributed by atoms with E-state index < -0.39 is 5.60 Å². The van der Waals surface area contributed by atoms with E-state index in [1.807, 2.05) is 6.92 Å². The van der Waals surface area contributed by atoms with Crippen molar-refractivity contribution in [2.24, 2.45) is 5.92 Å². The van der Waals surface area contributed by atoms with Crippen LogP contribution in [0.2, 0.25) is 0 Å². The first-order valence-electron chi connectivity index (χ1n) is 4.27. The molecule has 0 aliphatic rings. The molecule has 0 fully saturated rings. The molecule has 0 spiro atoms. The van der Waals surface area contributed by atoms with Crippen molar-refractivity contribution < 1.29 is 5.11 Å². The molecule has 0 bridgehead atoms. The second kappa shape index (κ2) is 3.97. The maximum Gasteiger partial charge on any atom is 0.0645 e. The van der Waals surface area contributed by atoms with Crippen LogP contribution in [-0.2, 0) is 0 Å². The van der Waals surface area contributed by atoms with Crippen LogP contribution < -0.4 is 0 Å². The Morgan fingerprint density at radius 3 is 2.20 bits per heavy atom. The topological polar surface area (TPSA) is 20.2 Å². The molecule has 1 heteroatoms. The van der Waals surface area contributed by atoms with E-state index in [2.05, 4.69) is 20.8 Å². The lowest BCUT2D eigenvalue weighted by Gasteiger charge is -2.29. The van der Waals surface area contributed by atoms with Crippen LogP contribution in [0.1, 0.15) is 47.0 Å². The Balaban J connectivity index is 3.82. The van der Waals surface area contributed by atoms with E-state index in [9.17, 15) is 5.11 Å². The molecule has 1 N–H and O–H groups in total. The summed E-state index contributed by atoms with van der Waals surface area (Å²) in [4.78, 5) is 0.